The molecule has 190 valence electrons. The second-order valence-electron chi connectivity index (χ2n) is 9.32. The molecule has 0 aromatic carbocycles. The minimum atomic E-state index is -0.915. The highest BCUT2D eigenvalue weighted by atomic mass is 35.5. The number of rotatable bonds is 22. The van der Waals surface area contributed by atoms with Gasteiger partial charge in [-0.1, -0.05) is 89.7 Å². The van der Waals surface area contributed by atoms with E-state index < -0.39 is 5.56 Å². The second-order valence-corrected chi connectivity index (χ2v) is 9.81. The molecule has 0 aliphatic carbocycles. The van der Waals surface area contributed by atoms with Crippen LogP contribution in [0.2, 0.25) is 0 Å². The van der Waals surface area contributed by atoms with E-state index in [-0.39, 0.29) is 18.5 Å². The molecule has 0 aliphatic heterocycles. The zero-order valence-electron chi connectivity index (χ0n) is 21.3. The van der Waals surface area contributed by atoms with Gasteiger partial charge in [0, 0.05) is 12.8 Å². The fourth-order valence-corrected chi connectivity index (χ4v) is 3.97. The van der Waals surface area contributed by atoms with E-state index in [2.05, 4.69) is 18.7 Å². The van der Waals surface area contributed by atoms with Crippen LogP contribution in [0.15, 0.2) is 0 Å². The number of carbonyl (C=O) groups is 2. The maximum Gasteiger partial charge on any atom is 0.307 e. The molecule has 0 N–H and O–H groups in total. The van der Waals surface area contributed by atoms with Gasteiger partial charge in [-0.2, -0.15) is 0 Å². The zero-order chi connectivity index (χ0) is 24.0. The number of hydrogen-bond donors (Lipinski definition) is 0. The van der Waals surface area contributed by atoms with Gasteiger partial charge >= 0.3 is 11.9 Å². The van der Waals surface area contributed by atoms with Gasteiger partial charge in [0.2, 0.25) is 5.56 Å². The zero-order valence-corrected chi connectivity index (χ0v) is 22.1. The highest BCUT2D eigenvalue weighted by Gasteiger charge is 2.18. The van der Waals surface area contributed by atoms with Crippen molar-refractivity contribution in [3.8, 4) is 0 Å². The number of carbonyl (C=O) groups excluding carboxylic acids is 2. The largest absolute Gasteiger partial charge is 0.460 e. The van der Waals surface area contributed by atoms with Gasteiger partial charge in [0.15, 0.2) is 0 Å². The molecule has 1 atom stereocenters. The lowest BCUT2D eigenvalue weighted by molar-refractivity contribution is -0.155. The predicted molar refractivity (Wildman–Crippen MR) is 134 cm³/mol. The Morgan fingerprint density at radius 2 is 1.34 bits per heavy atom. The summed E-state index contributed by atoms with van der Waals surface area (Å²) in [4.78, 5) is 26.3. The molecule has 0 amide bonds. The molecule has 0 aromatic heterocycles. The van der Waals surface area contributed by atoms with Crippen LogP contribution in [-0.4, -0.2) is 49.6 Å². The monoisotopic (exact) mass is 475 g/mol. The molecule has 0 spiro atoms. The van der Waals surface area contributed by atoms with Crippen LogP contribution < -0.4 is 0 Å². The number of hydrogen-bond acceptors (Lipinski definition) is 5. The predicted octanol–water partition coefficient (Wildman–Crippen LogP) is 7.10. The molecule has 32 heavy (non-hydrogen) atoms. The fourth-order valence-electron chi connectivity index (χ4n) is 3.81. The van der Waals surface area contributed by atoms with Gasteiger partial charge in [0.1, 0.15) is 6.61 Å². The van der Waals surface area contributed by atoms with E-state index >= 15 is 0 Å². The van der Waals surface area contributed by atoms with Crippen molar-refractivity contribution in [2.24, 2.45) is 5.92 Å². The molecule has 1 unspecified atom stereocenters. The Bertz CT molecular complexity index is 445. The molecule has 0 radical (unpaired) electrons. The van der Waals surface area contributed by atoms with Gasteiger partial charge in [-0.05, 0) is 52.2 Å². The molecule has 0 rings (SSSR count). The van der Waals surface area contributed by atoms with Crippen molar-refractivity contribution in [2.45, 2.75) is 122 Å². The van der Waals surface area contributed by atoms with Crippen molar-refractivity contribution >= 4 is 23.5 Å². The number of ether oxygens (including phenoxy) is 2. The lowest BCUT2D eigenvalue weighted by Crippen LogP contribution is -2.22. The molecule has 0 aliphatic rings. The number of alkyl halides is 1. The van der Waals surface area contributed by atoms with Gasteiger partial charge in [-0.15, -0.1) is 0 Å². The second kappa shape index (κ2) is 22.0. The maximum atomic E-state index is 12.4. The maximum absolute atomic E-state index is 12.4. The Hall–Kier alpha value is -0.810. The minimum absolute atomic E-state index is 0.0798. The third kappa shape index (κ3) is 21.1. The molecule has 0 saturated heterocycles. The Morgan fingerprint density at radius 1 is 0.781 bits per heavy atom. The van der Waals surface area contributed by atoms with Crippen LogP contribution in [0, 0.1) is 5.92 Å². The first kappa shape index (κ1) is 31.2. The Morgan fingerprint density at radius 3 is 1.88 bits per heavy atom. The minimum Gasteiger partial charge on any atom is -0.460 e. The lowest BCUT2D eigenvalue weighted by Gasteiger charge is -2.17. The summed E-state index contributed by atoms with van der Waals surface area (Å²) in [5.41, 5.74) is -0.915. The third-order valence-electron chi connectivity index (χ3n) is 5.76. The number of esters is 2. The average Bonchev–Trinajstić information content (AvgIpc) is 2.74. The van der Waals surface area contributed by atoms with E-state index in [1.807, 2.05) is 14.1 Å². The molecule has 5 nitrogen and oxygen atoms in total. The summed E-state index contributed by atoms with van der Waals surface area (Å²) >= 11 is 6.06. The van der Waals surface area contributed by atoms with Crippen LogP contribution in [-0.2, 0) is 19.1 Å². The topological polar surface area (TPSA) is 55.8 Å². The molecule has 0 saturated carbocycles. The van der Waals surface area contributed by atoms with Crippen molar-refractivity contribution in [2.75, 3.05) is 27.2 Å². The van der Waals surface area contributed by atoms with E-state index in [1.165, 1.54) is 64.2 Å². The third-order valence-corrected chi connectivity index (χ3v) is 5.97. The molecule has 0 fully saturated rings. The Balaban J connectivity index is 4.18. The number of halogens is 1. The molecular formula is C26H50ClNO4. The Kier molecular flexibility index (Phi) is 21.4. The van der Waals surface area contributed by atoms with Crippen molar-refractivity contribution in [1.82, 2.24) is 4.90 Å². The van der Waals surface area contributed by atoms with Gasteiger partial charge in [-0.3, -0.25) is 9.59 Å². The summed E-state index contributed by atoms with van der Waals surface area (Å²) in [5, 5.41) is 0. The van der Waals surface area contributed by atoms with Gasteiger partial charge in [0.25, 0.3) is 0 Å². The van der Waals surface area contributed by atoms with Crippen molar-refractivity contribution in [3.63, 3.8) is 0 Å². The van der Waals surface area contributed by atoms with Crippen molar-refractivity contribution < 1.29 is 19.1 Å². The van der Waals surface area contributed by atoms with E-state index in [0.29, 0.717) is 18.8 Å². The van der Waals surface area contributed by atoms with Crippen LogP contribution in [0.5, 0.6) is 0 Å². The quantitative estimate of drug-likeness (QED) is 0.0949. The molecular weight excluding hydrogens is 426 g/mol. The van der Waals surface area contributed by atoms with Gasteiger partial charge in [0.05, 0.1) is 0 Å². The first-order valence-corrected chi connectivity index (χ1v) is 13.5. The molecule has 0 heterocycles. The molecule has 0 bridgehead atoms. The summed E-state index contributed by atoms with van der Waals surface area (Å²) in [6, 6.07) is 0. The van der Waals surface area contributed by atoms with Crippen molar-refractivity contribution in [1.29, 1.82) is 0 Å². The highest BCUT2D eigenvalue weighted by Crippen LogP contribution is 2.22. The smallest absolute Gasteiger partial charge is 0.307 e. The van der Waals surface area contributed by atoms with Gasteiger partial charge < -0.3 is 14.4 Å². The van der Waals surface area contributed by atoms with Crippen LogP contribution in [0.4, 0.5) is 0 Å². The first-order valence-electron chi connectivity index (χ1n) is 13.0. The van der Waals surface area contributed by atoms with Crippen LogP contribution in [0.1, 0.15) is 117 Å². The average molecular weight is 476 g/mol. The van der Waals surface area contributed by atoms with Crippen LogP contribution in [0.25, 0.3) is 0 Å². The number of unbranched alkanes of at least 4 members (excludes halogenated alkanes) is 9. The summed E-state index contributed by atoms with van der Waals surface area (Å²) < 4.78 is 10.5. The van der Waals surface area contributed by atoms with E-state index in [9.17, 15) is 9.59 Å². The van der Waals surface area contributed by atoms with E-state index in [0.717, 1.165) is 32.2 Å². The van der Waals surface area contributed by atoms with E-state index in [4.69, 9.17) is 21.1 Å². The summed E-state index contributed by atoms with van der Waals surface area (Å²) in [5.74, 6) is -0.194. The molecule has 6 heteroatoms. The Labute approximate surface area is 202 Å². The summed E-state index contributed by atoms with van der Waals surface area (Å²) in [7, 11) is 4.01. The first-order chi connectivity index (χ1) is 15.4. The fraction of sp³-hybridized carbons (Fsp3) is 0.923. The SMILES string of the molecule is CCCCCCCC(CCCCCCC)CC(=O)OCC(Cl)OC(=O)CCCCN(C)C. The molecule has 0 aromatic rings. The lowest BCUT2D eigenvalue weighted by atomic mass is 9.91. The standard InChI is InChI=1S/C26H50ClNO4/c1-5-7-9-11-13-17-23(18-14-12-10-8-6-2)21-26(30)31-22-24(27)32-25(29)19-15-16-20-28(3)4/h23-24H,5-22H2,1-4H3. The highest BCUT2D eigenvalue weighted by molar-refractivity contribution is 6.20. The van der Waals surface area contributed by atoms with Gasteiger partial charge in [-0.25, -0.2) is 0 Å². The van der Waals surface area contributed by atoms with Crippen LogP contribution in [0.3, 0.4) is 0 Å². The van der Waals surface area contributed by atoms with Crippen LogP contribution >= 0.6 is 11.6 Å². The number of nitrogens with zero attached hydrogens (tertiary/aromatic N) is 1. The normalized spacial score (nSPS) is 12.3. The van der Waals surface area contributed by atoms with E-state index in [1.54, 1.807) is 0 Å². The summed E-state index contributed by atoms with van der Waals surface area (Å²) in [6.45, 7) is 5.31. The van der Waals surface area contributed by atoms with Crippen molar-refractivity contribution in [3.05, 3.63) is 0 Å². The summed E-state index contributed by atoms with van der Waals surface area (Å²) in [6.07, 6.45) is 17.1.